The first-order valence-electron chi connectivity index (χ1n) is 4.91. The van der Waals surface area contributed by atoms with Crippen LogP contribution in [0.5, 0.6) is 0 Å². The van der Waals surface area contributed by atoms with Crippen molar-refractivity contribution < 1.29 is 14.3 Å². The molecule has 84 valence electrons. The van der Waals surface area contributed by atoms with E-state index < -0.39 is 5.97 Å². The number of hydrogen-bond donors (Lipinski definition) is 0. The topological polar surface area (TPSA) is 43.4 Å². The molecular formula is C13H14O3. The van der Waals surface area contributed by atoms with Gasteiger partial charge >= 0.3 is 5.97 Å². The van der Waals surface area contributed by atoms with Crippen LogP contribution in [0, 0.1) is 13.8 Å². The van der Waals surface area contributed by atoms with Gasteiger partial charge in [-0.05, 0) is 36.6 Å². The lowest BCUT2D eigenvalue weighted by atomic mass is 10.00. The summed E-state index contributed by atoms with van der Waals surface area (Å²) in [6, 6.07) is 3.71. The third-order valence-electron chi connectivity index (χ3n) is 2.35. The normalized spacial score (nSPS) is 10.4. The maximum absolute atomic E-state index is 10.9. The number of ether oxygens (including phenoxy) is 1. The number of hydrogen-bond acceptors (Lipinski definition) is 3. The molecule has 1 aromatic carbocycles. The Kier molecular flexibility index (Phi) is 4.00. The van der Waals surface area contributed by atoms with Gasteiger partial charge in [0, 0.05) is 11.6 Å². The Balaban J connectivity index is 3.05. The lowest BCUT2D eigenvalue weighted by Gasteiger charge is -2.04. The van der Waals surface area contributed by atoms with Gasteiger partial charge in [0.25, 0.3) is 0 Å². The quantitative estimate of drug-likeness (QED) is 0.444. The van der Waals surface area contributed by atoms with Gasteiger partial charge in [0.15, 0.2) is 6.29 Å². The predicted octanol–water partition coefficient (Wildman–Crippen LogP) is 2.30. The molecule has 0 heterocycles. The largest absolute Gasteiger partial charge is 0.466 e. The fourth-order valence-electron chi connectivity index (χ4n) is 1.52. The highest BCUT2D eigenvalue weighted by atomic mass is 16.5. The van der Waals surface area contributed by atoms with Crippen molar-refractivity contribution in [2.24, 2.45) is 0 Å². The fraction of sp³-hybridized carbons (Fsp3) is 0.231. The van der Waals surface area contributed by atoms with Gasteiger partial charge in [-0.15, -0.1) is 0 Å². The van der Waals surface area contributed by atoms with Gasteiger partial charge in [0.2, 0.25) is 0 Å². The molecule has 0 N–H and O–H groups in total. The zero-order valence-electron chi connectivity index (χ0n) is 9.61. The number of esters is 1. The zero-order chi connectivity index (χ0) is 12.1. The van der Waals surface area contributed by atoms with E-state index in [4.69, 9.17) is 0 Å². The molecule has 1 aromatic rings. The molecule has 3 nitrogen and oxygen atoms in total. The van der Waals surface area contributed by atoms with E-state index in [2.05, 4.69) is 4.74 Å². The molecule has 16 heavy (non-hydrogen) atoms. The van der Waals surface area contributed by atoms with Crippen molar-refractivity contribution >= 4 is 18.3 Å². The van der Waals surface area contributed by atoms with E-state index in [1.54, 1.807) is 6.08 Å². The van der Waals surface area contributed by atoms with Crippen LogP contribution in [-0.2, 0) is 9.53 Å². The highest BCUT2D eigenvalue weighted by Gasteiger charge is 2.02. The SMILES string of the molecule is COC(=O)/C=C/c1cc(C)c(C=O)c(C)c1. The number of aryl methyl sites for hydroxylation is 2. The van der Waals surface area contributed by atoms with E-state index in [1.807, 2.05) is 26.0 Å². The average molecular weight is 218 g/mol. The summed E-state index contributed by atoms with van der Waals surface area (Å²) in [6.45, 7) is 3.73. The van der Waals surface area contributed by atoms with E-state index in [1.165, 1.54) is 13.2 Å². The van der Waals surface area contributed by atoms with Crippen molar-refractivity contribution in [1.29, 1.82) is 0 Å². The first-order chi connectivity index (χ1) is 7.58. The first kappa shape index (κ1) is 12.2. The van der Waals surface area contributed by atoms with E-state index >= 15 is 0 Å². The van der Waals surface area contributed by atoms with Crippen LogP contribution >= 0.6 is 0 Å². The highest BCUT2D eigenvalue weighted by molar-refractivity contribution is 5.87. The van der Waals surface area contributed by atoms with E-state index in [9.17, 15) is 9.59 Å². The maximum atomic E-state index is 10.9. The number of aldehydes is 1. The molecule has 1 rings (SSSR count). The molecule has 0 unspecified atom stereocenters. The highest BCUT2D eigenvalue weighted by Crippen LogP contribution is 2.15. The van der Waals surface area contributed by atoms with Gasteiger partial charge in [-0.2, -0.15) is 0 Å². The Morgan fingerprint density at radius 2 is 1.81 bits per heavy atom. The summed E-state index contributed by atoms with van der Waals surface area (Å²) in [7, 11) is 1.33. The minimum Gasteiger partial charge on any atom is -0.466 e. The third-order valence-corrected chi connectivity index (χ3v) is 2.35. The monoisotopic (exact) mass is 218 g/mol. The van der Waals surface area contributed by atoms with E-state index in [0.29, 0.717) is 5.56 Å². The Morgan fingerprint density at radius 1 is 1.25 bits per heavy atom. The standard InChI is InChI=1S/C13H14O3/c1-9-6-11(4-5-13(15)16-3)7-10(2)12(9)8-14/h4-8H,1-3H3/b5-4+. The van der Waals surface area contributed by atoms with Gasteiger partial charge in [-0.25, -0.2) is 4.79 Å². The molecule has 0 aliphatic carbocycles. The van der Waals surface area contributed by atoms with Crippen LogP contribution in [0.15, 0.2) is 18.2 Å². The number of carbonyl (C=O) groups excluding carboxylic acids is 2. The van der Waals surface area contributed by atoms with E-state index in [0.717, 1.165) is 23.0 Å². The summed E-state index contributed by atoms with van der Waals surface area (Å²) in [6.07, 6.45) is 3.87. The molecule has 0 spiro atoms. The van der Waals surface area contributed by atoms with Crippen molar-refractivity contribution in [3.8, 4) is 0 Å². The summed E-state index contributed by atoms with van der Waals surface area (Å²) >= 11 is 0. The summed E-state index contributed by atoms with van der Waals surface area (Å²) in [5.74, 6) is -0.394. The Bertz CT molecular complexity index is 421. The summed E-state index contributed by atoms with van der Waals surface area (Å²) in [5, 5.41) is 0. The second-order valence-electron chi connectivity index (χ2n) is 3.54. The van der Waals surface area contributed by atoms with Crippen LogP contribution in [0.4, 0.5) is 0 Å². The molecule has 0 atom stereocenters. The van der Waals surface area contributed by atoms with Gasteiger partial charge in [0.05, 0.1) is 7.11 Å². The summed E-state index contributed by atoms with van der Waals surface area (Å²) < 4.78 is 4.50. The number of benzene rings is 1. The lowest BCUT2D eigenvalue weighted by molar-refractivity contribution is -0.134. The fourth-order valence-corrected chi connectivity index (χ4v) is 1.52. The van der Waals surface area contributed by atoms with Gasteiger partial charge < -0.3 is 4.74 Å². The second kappa shape index (κ2) is 5.26. The third kappa shape index (κ3) is 2.79. The minimum absolute atomic E-state index is 0.394. The Hall–Kier alpha value is -1.90. The Morgan fingerprint density at radius 3 is 2.25 bits per heavy atom. The maximum Gasteiger partial charge on any atom is 0.330 e. The van der Waals surface area contributed by atoms with Gasteiger partial charge in [-0.1, -0.05) is 12.1 Å². The number of carbonyl (C=O) groups is 2. The molecule has 3 heteroatoms. The van der Waals surface area contributed by atoms with Crippen LogP contribution in [-0.4, -0.2) is 19.4 Å². The smallest absolute Gasteiger partial charge is 0.330 e. The van der Waals surface area contributed by atoms with E-state index in [-0.39, 0.29) is 0 Å². The van der Waals surface area contributed by atoms with Crippen LogP contribution in [0.3, 0.4) is 0 Å². The molecule has 0 amide bonds. The van der Waals surface area contributed by atoms with Crippen molar-refractivity contribution in [3.05, 3.63) is 40.5 Å². The molecular weight excluding hydrogens is 204 g/mol. The second-order valence-corrected chi connectivity index (χ2v) is 3.54. The molecule has 0 saturated heterocycles. The van der Waals surface area contributed by atoms with Crippen LogP contribution in [0.25, 0.3) is 6.08 Å². The molecule has 0 radical (unpaired) electrons. The Labute approximate surface area is 94.7 Å². The number of methoxy groups -OCH3 is 1. The van der Waals surface area contributed by atoms with Gasteiger partial charge in [0.1, 0.15) is 0 Å². The first-order valence-corrected chi connectivity index (χ1v) is 4.91. The van der Waals surface area contributed by atoms with Crippen LogP contribution < -0.4 is 0 Å². The lowest BCUT2D eigenvalue weighted by Crippen LogP contribution is -1.95. The molecule has 0 fully saturated rings. The zero-order valence-corrected chi connectivity index (χ0v) is 9.61. The molecule has 0 aromatic heterocycles. The van der Waals surface area contributed by atoms with Gasteiger partial charge in [-0.3, -0.25) is 4.79 Å². The molecule has 0 aliphatic rings. The minimum atomic E-state index is -0.394. The average Bonchev–Trinajstić information content (AvgIpc) is 2.25. The predicted molar refractivity (Wildman–Crippen MR) is 62.4 cm³/mol. The molecule has 0 bridgehead atoms. The summed E-state index contributed by atoms with van der Waals surface area (Å²) in [5.41, 5.74) is 3.39. The van der Waals surface area contributed by atoms with Crippen molar-refractivity contribution in [2.75, 3.05) is 7.11 Å². The molecule has 0 aliphatic heterocycles. The van der Waals surface area contributed by atoms with Crippen molar-refractivity contribution in [3.63, 3.8) is 0 Å². The van der Waals surface area contributed by atoms with Crippen LogP contribution in [0.2, 0.25) is 0 Å². The summed E-state index contributed by atoms with van der Waals surface area (Å²) in [4.78, 5) is 21.7. The number of rotatable bonds is 3. The molecule has 0 saturated carbocycles. The van der Waals surface area contributed by atoms with Crippen LogP contribution in [0.1, 0.15) is 27.0 Å². The van der Waals surface area contributed by atoms with Crippen molar-refractivity contribution in [2.45, 2.75) is 13.8 Å². The van der Waals surface area contributed by atoms with Crippen molar-refractivity contribution in [1.82, 2.24) is 0 Å².